The molecule has 120 valence electrons. The molecule has 24 heavy (non-hydrogen) atoms. The number of benzene rings is 2. The van der Waals surface area contributed by atoms with Gasteiger partial charge in [0.2, 0.25) is 0 Å². The molecule has 0 atom stereocenters. The Labute approximate surface area is 139 Å². The van der Waals surface area contributed by atoms with Crippen LogP contribution in [0.3, 0.4) is 0 Å². The van der Waals surface area contributed by atoms with Crippen LogP contribution in [0.15, 0.2) is 48.0 Å². The predicted octanol–water partition coefficient (Wildman–Crippen LogP) is 3.55. The van der Waals surface area contributed by atoms with Gasteiger partial charge in [0.05, 0.1) is 5.56 Å². The number of para-hydroxylation sites is 1. The third-order valence-corrected chi connectivity index (χ3v) is 3.55. The molecular formula is C19H16N2O3. The number of nitrogens with one attached hydrogen (secondary N) is 1. The average molecular weight is 320 g/mol. The fourth-order valence-electron chi connectivity index (χ4n) is 2.23. The van der Waals surface area contributed by atoms with E-state index in [1.807, 2.05) is 38.1 Å². The first-order valence-corrected chi connectivity index (χ1v) is 7.25. The summed E-state index contributed by atoms with van der Waals surface area (Å²) in [6.07, 6.45) is 1.43. The zero-order chi connectivity index (χ0) is 17.7. The molecule has 2 rings (SSSR count). The lowest BCUT2D eigenvalue weighted by molar-refractivity contribution is -0.112. The second-order valence-electron chi connectivity index (χ2n) is 5.32. The van der Waals surface area contributed by atoms with Crippen molar-refractivity contribution in [2.75, 3.05) is 5.32 Å². The molecule has 0 saturated heterocycles. The van der Waals surface area contributed by atoms with E-state index in [1.54, 1.807) is 12.1 Å². The van der Waals surface area contributed by atoms with Gasteiger partial charge < -0.3 is 10.4 Å². The predicted molar refractivity (Wildman–Crippen MR) is 91.5 cm³/mol. The summed E-state index contributed by atoms with van der Waals surface area (Å²) in [5, 5.41) is 20.9. The number of nitrogens with zero attached hydrogens (tertiary/aromatic N) is 1. The van der Waals surface area contributed by atoms with Gasteiger partial charge in [-0.1, -0.05) is 30.3 Å². The largest absolute Gasteiger partial charge is 0.478 e. The highest BCUT2D eigenvalue weighted by Crippen LogP contribution is 2.20. The van der Waals surface area contributed by atoms with Gasteiger partial charge in [0.15, 0.2) is 0 Å². The maximum absolute atomic E-state index is 12.3. The normalized spacial score (nSPS) is 10.8. The number of carbonyl (C=O) groups excluding carboxylic acids is 1. The fraction of sp³-hybridized carbons (Fsp3) is 0.105. The van der Waals surface area contributed by atoms with E-state index < -0.39 is 11.9 Å². The molecule has 2 aromatic rings. The van der Waals surface area contributed by atoms with Crippen LogP contribution < -0.4 is 5.32 Å². The average Bonchev–Trinajstić information content (AvgIpc) is 2.56. The van der Waals surface area contributed by atoms with Gasteiger partial charge in [-0.2, -0.15) is 5.26 Å². The lowest BCUT2D eigenvalue weighted by Crippen LogP contribution is -2.15. The Morgan fingerprint density at radius 2 is 1.67 bits per heavy atom. The topological polar surface area (TPSA) is 90.2 Å². The van der Waals surface area contributed by atoms with Crippen molar-refractivity contribution < 1.29 is 14.7 Å². The molecule has 0 heterocycles. The summed E-state index contributed by atoms with van der Waals surface area (Å²) in [5.41, 5.74) is 3.17. The van der Waals surface area contributed by atoms with E-state index in [2.05, 4.69) is 5.32 Å². The second-order valence-corrected chi connectivity index (χ2v) is 5.32. The number of amides is 1. The molecular weight excluding hydrogens is 304 g/mol. The monoisotopic (exact) mass is 320 g/mol. The van der Waals surface area contributed by atoms with E-state index in [0.29, 0.717) is 11.3 Å². The van der Waals surface area contributed by atoms with Gasteiger partial charge in [-0.15, -0.1) is 0 Å². The number of rotatable bonds is 4. The highest BCUT2D eigenvalue weighted by atomic mass is 16.4. The number of aromatic carboxylic acids is 1. The van der Waals surface area contributed by atoms with Gasteiger partial charge in [-0.25, -0.2) is 4.79 Å². The molecule has 0 bridgehead atoms. The van der Waals surface area contributed by atoms with E-state index in [9.17, 15) is 14.9 Å². The summed E-state index contributed by atoms with van der Waals surface area (Å²) < 4.78 is 0. The molecule has 0 aliphatic heterocycles. The van der Waals surface area contributed by atoms with Crippen LogP contribution in [0, 0.1) is 25.2 Å². The molecule has 0 aromatic heterocycles. The van der Waals surface area contributed by atoms with Crippen molar-refractivity contribution >= 4 is 23.6 Å². The Morgan fingerprint density at radius 1 is 1.08 bits per heavy atom. The molecule has 0 fully saturated rings. The smallest absolute Gasteiger partial charge is 0.335 e. The third kappa shape index (κ3) is 3.87. The van der Waals surface area contributed by atoms with Crippen LogP contribution in [-0.4, -0.2) is 17.0 Å². The van der Waals surface area contributed by atoms with Crippen LogP contribution >= 0.6 is 0 Å². The van der Waals surface area contributed by atoms with Crippen LogP contribution in [0.1, 0.15) is 27.0 Å². The van der Waals surface area contributed by atoms with E-state index in [4.69, 9.17) is 5.11 Å². The van der Waals surface area contributed by atoms with Crippen molar-refractivity contribution in [3.05, 3.63) is 70.3 Å². The zero-order valence-corrected chi connectivity index (χ0v) is 13.3. The summed E-state index contributed by atoms with van der Waals surface area (Å²) in [5.74, 6) is -1.53. The number of carboxylic acid groups (broad SMARTS) is 1. The minimum atomic E-state index is -1.03. The van der Waals surface area contributed by atoms with Gasteiger partial charge in [-0.05, 0) is 48.7 Å². The van der Waals surface area contributed by atoms with Gasteiger partial charge in [0.1, 0.15) is 11.6 Å². The summed E-state index contributed by atoms with van der Waals surface area (Å²) in [7, 11) is 0. The molecule has 2 N–H and O–H groups in total. The van der Waals surface area contributed by atoms with E-state index >= 15 is 0 Å². The molecule has 2 aromatic carbocycles. The van der Waals surface area contributed by atoms with Crippen molar-refractivity contribution in [1.82, 2.24) is 0 Å². The molecule has 0 aliphatic carbocycles. The molecule has 0 aliphatic rings. The highest BCUT2D eigenvalue weighted by molar-refractivity contribution is 6.10. The molecule has 1 amide bonds. The van der Waals surface area contributed by atoms with Crippen molar-refractivity contribution in [2.45, 2.75) is 13.8 Å². The van der Waals surface area contributed by atoms with Crippen LogP contribution in [0.25, 0.3) is 6.08 Å². The minimum absolute atomic E-state index is 0.0549. The van der Waals surface area contributed by atoms with Gasteiger partial charge in [0.25, 0.3) is 5.91 Å². The Balaban J connectivity index is 2.26. The Kier molecular flexibility index (Phi) is 5.13. The highest BCUT2D eigenvalue weighted by Gasteiger charge is 2.12. The number of nitriles is 1. The summed E-state index contributed by atoms with van der Waals surface area (Å²) >= 11 is 0. The summed E-state index contributed by atoms with van der Waals surface area (Å²) in [4.78, 5) is 23.2. The van der Waals surface area contributed by atoms with Crippen molar-refractivity contribution in [3.8, 4) is 6.07 Å². The van der Waals surface area contributed by atoms with Crippen molar-refractivity contribution in [1.29, 1.82) is 5.26 Å². The number of anilines is 1. The standard InChI is InChI=1S/C19H16N2O3/c1-12-4-3-5-13(2)17(12)21-18(22)16(11-20)10-14-6-8-15(9-7-14)19(23)24/h3-10H,1-2H3,(H,21,22)(H,23,24). The van der Waals surface area contributed by atoms with Crippen molar-refractivity contribution in [3.63, 3.8) is 0 Å². The lowest BCUT2D eigenvalue weighted by atomic mass is 10.1. The first-order valence-electron chi connectivity index (χ1n) is 7.25. The fourth-order valence-corrected chi connectivity index (χ4v) is 2.23. The Hall–Kier alpha value is -3.39. The molecule has 5 nitrogen and oxygen atoms in total. The quantitative estimate of drug-likeness (QED) is 0.666. The van der Waals surface area contributed by atoms with Crippen LogP contribution in [-0.2, 0) is 4.79 Å². The van der Waals surface area contributed by atoms with E-state index in [0.717, 1.165) is 11.1 Å². The van der Waals surface area contributed by atoms with Gasteiger partial charge >= 0.3 is 5.97 Å². The Bertz CT molecular complexity index is 839. The van der Waals surface area contributed by atoms with E-state index in [1.165, 1.54) is 18.2 Å². The summed E-state index contributed by atoms with van der Waals surface area (Å²) in [6.45, 7) is 3.76. The Morgan fingerprint density at radius 3 is 2.17 bits per heavy atom. The number of hydrogen-bond acceptors (Lipinski definition) is 3. The van der Waals surface area contributed by atoms with E-state index in [-0.39, 0.29) is 11.1 Å². The molecule has 0 unspecified atom stereocenters. The second kappa shape index (κ2) is 7.25. The SMILES string of the molecule is Cc1cccc(C)c1NC(=O)C(C#N)=Cc1ccc(C(=O)O)cc1. The van der Waals surface area contributed by atoms with Gasteiger partial charge in [0, 0.05) is 5.69 Å². The minimum Gasteiger partial charge on any atom is -0.478 e. The maximum Gasteiger partial charge on any atom is 0.335 e. The number of hydrogen-bond donors (Lipinski definition) is 2. The number of carbonyl (C=O) groups is 2. The number of aryl methyl sites for hydroxylation is 2. The number of carboxylic acids is 1. The lowest BCUT2D eigenvalue weighted by Gasteiger charge is -2.10. The van der Waals surface area contributed by atoms with Gasteiger partial charge in [-0.3, -0.25) is 4.79 Å². The van der Waals surface area contributed by atoms with Crippen molar-refractivity contribution in [2.24, 2.45) is 0 Å². The van der Waals surface area contributed by atoms with Crippen LogP contribution in [0.4, 0.5) is 5.69 Å². The first-order chi connectivity index (χ1) is 11.4. The zero-order valence-electron chi connectivity index (χ0n) is 13.3. The third-order valence-electron chi connectivity index (χ3n) is 3.55. The molecule has 0 spiro atoms. The molecule has 0 saturated carbocycles. The van der Waals surface area contributed by atoms with Crippen LogP contribution in [0.2, 0.25) is 0 Å². The van der Waals surface area contributed by atoms with Crippen LogP contribution in [0.5, 0.6) is 0 Å². The summed E-state index contributed by atoms with van der Waals surface area (Å²) in [6, 6.07) is 13.5. The maximum atomic E-state index is 12.3. The first kappa shape index (κ1) is 17.0. The molecule has 5 heteroatoms. The molecule has 0 radical (unpaired) electrons.